The highest BCUT2D eigenvalue weighted by atomic mass is 14.3. The molecule has 0 bridgehead atoms. The Morgan fingerprint density at radius 2 is 1.12 bits per heavy atom. The fourth-order valence-electron chi connectivity index (χ4n) is 5.72. The van der Waals surface area contributed by atoms with Crippen molar-refractivity contribution in [2.45, 2.75) is 110 Å². The van der Waals surface area contributed by atoms with Gasteiger partial charge in [0.25, 0.3) is 0 Å². The zero-order valence-electron chi connectivity index (χ0n) is 17.5. The third-order valence-electron chi connectivity index (χ3n) is 7.48. The monoisotopic (exact) mass is 354 g/mol. The molecule has 0 spiro atoms. The predicted molar refractivity (Wildman–Crippen MR) is 115 cm³/mol. The van der Waals surface area contributed by atoms with Gasteiger partial charge in [0, 0.05) is 0 Å². The highest BCUT2D eigenvalue weighted by Crippen LogP contribution is 2.40. The van der Waals surface area contributed by atoms with Crippen molar-refractivity contribution in [2.24, 2.45) is 17.8 Å². The largest absolute Gasteiger partial charge is 0.0654 e. The number of aryl methyl sites for hydroxylation is 1. The fourth-order valence-corrected chi connectivity index (χ4v) is 5.72. The molecule has 0 saturated heterocycles. The summed E-state index contributed by atoms with van der Waals surface area (Å²) in [5.41, 5.74) is 3.12. The average Bonchev–Trinajstić information content (AvgIpc) is 2.69. The van der Waals surface area contributed by atoms with Crippen LogP contribution in [0.25, 0.3) is 0 Å². The van der Waals surface area contributed by atoms with Gasteiger partial charge in [-0.1, -0.05) is 95.9 Å². The molecule has 26 heavy (non-hydrogen) atoms. The Labute approximate surface area is 163 Å². The van der Waals surface area contributed by atoms with E-state index in [0.717, 1.165) is 23.7 Å². The molecule has 1 aromatic rings. The van der Waals surface area contributed by atoms with E-state index < -0.39 is 0 Å². The summed E-state index contributed by atoms with van der Waals surface area (Å²) < 4.78 is 0. The quantitative estimate of drug-likeness (QED) is 0.440. The molecule has 0 amide bonds. The Hall–Kier alpha value is -0.780. The van der Waals surface area contributed by atoms with Crippen LogP contribution in [0.4, 0.5) is 0 Å². The fraction of sp³-hybridized carbons (Fsp3) is 0.769. The second-order valence-corrected chi connectivity index (χ2v) is 9.46. The van der Waals surface area contributed by atoms with E-state index in [4.69, 9.17) is 0 Å². The van der Waals surface area contributed by atoms with Crippen LogP contribution >= 0.6 is 0 Å². The van der Waals surface area contributed by atoms with Gasteiger partial charge < -0.3 is 0 Å². The van der Waals surface area contributed by atoms with E-state index >= 15 is 0 Å². The summed E-state index contributed by atoms with van der Waals surface area (Å²) >= 11 is 0. The molecule has 0 nitrogen and oxygen atoms in total. The molecule has 0 unspecified atom stereocenters. The van der Waals surface area contributed by atoms with Gasteiger partial charge >= 0.3 is 0 Å². The first kappa shape index (κ1) is 20.0. The Bertz CT molecular complexity index is 483. The summed E-state index contributed by atoms with van der Waals surface area (Å²) in [6, 6.07) is 9.59. The van der Waals surface area contributed by atoms with Crippen LogP contribution in [0.15, 0.2) is 24.3 Å². The summed E-state index contributed by atoms with van der Waals surface area (Å²) in [6.45, 7) is 4.62. The molecule has 0 aromatic heterocycles. The van der Waals surface area contributed by atoms with Crippen molar-refractivity contribution in [1.29, 1.82) is 0 Å². The molecule has 3 rings (SSSR count). The average molecular weight is 355 g/mol. The zero-order chi connectivity index (χ0) is 18.2. The van der Waals surface area contributed by atoms with Gasteiger partial charge in [0.1, 0.15) is 0 Å². The maximum Gasteiger partial charge on any atom is -0.0162 e. The van der Waals surface area contributed by atoms with Crippen LogP contribution in [0.3, 0.4) is 0 Å². The van der Waals surface area contributed by atoms with Gasteiger partial charge in [-0.25, -0.2) is 0 Å². The molecule has 1 aromatic carbocycles. The Kier molecular flexibility index (Phi) is 8.08. The summed E-state index contributed by atoms with van der Waals surface area (Å²) in [7, 11) is 0. The molecular weight excluding hydrogens is 312 g/mol. The summed E-state index contributed by atoms with van der Waals surface area (Å²) in [5.74, 6) is 3.99. The standard InChI is InChI=1S/C26H42/c1-3-5-21-7-9-23(10-8-21)11-12-24-15-19-26(20-16-24)25-17-13-22(6-4-2)14-18-25/h13-14,17-18,21,23-24,26H,3-12,15-16,19-20H2,1-2H3. The first-order chi connectivity index (χ1) is 12.8. The van der Waals surface area contributed by atoms with Gasteiger partial charge in [0.15, 0.2) is 0 Å². The topological polar surface area (TPSA) is 0 Å². The molecule has 2 fully saturated rings. The number of rotatable bonds is 8. The van der Waals surface area contributed by atoms with Crippen LogP contribution in [0.2, 0.25) is 0 Å². The van der Waals surface area contributed by atoms with E-state index in [0.29, 0.717) is 0 Å². The minimum atomic E-state index is 0.839. The predicted octanol–water partition coefficient (Wildman–Crippen LogP) is 8.30. The van der Waals surface area contributed by atoms with Crippen LogP contribution in [-0.2, 0) is 6.42 Å². The van der Waals surface area contributed by atoms with E-state index in [1.807, 2.05) is 0 Å². The van der Waals surface area contributed by atoms with Gasteiger partial charge in [-0.2, -0.15) is 0 Å². The molecule has 0 heterocycles. The van der Waals surface area contributed by atoms with Gasteiger partial charge in [-0.3, -0.25) is 0 Å². The van der Waals surface area contributed by atoms with Crippen LogP contribution in [0.5, 0.6) is 0 Å². The van der Waals surface area contributed by atoms with Crippen molar-refractivity contribution in [3.63, 3.8) is 0 Å². The minimum absolute atomic E-state index is 0.839. The van der Waals surface area contributed by atoms with E-state index in [1.165, 1.54) is 95.5 Å². The first-order valence-electron chi connectivity index (χ1n) is 11.9. The third kappa shape index (κ3) is 5.86. The third-order valence-corrected chi connectivity index (χ3v) is 7.48. The lowest BCUT2D eigenvalue weighted by Gasteiger charge is -2.32. The van der Waals surface area contributed by atoms with Gasteiger partial charge in [-0.05, 0) is 66.9 Å². The van der Waals surface area contributed by atoms with Crippen LogP contribution in [0, 0.1) is 17.8 Å². The Morgan fingerprint density at radius 3 is 1.62 bits per heavy atom. The van der Waals surface area contributed by atoms with Crippen molar-refractivity contribution in [3.05, 3.63) is 35.4 Å². The lowest BCUT2D eigenvalue weighted by molar-refractivity contribution is 0.224. The van der Waals surface area contributed by atoms with Crippen molar-refractivity contribution >= 4 is 0 Å². The second kappa shape index (κ2) is 10.5. The van der Waals surface area contributed by atoms with Crippen LogP contribution in [0.1, 0.15) is 114 Å². The molecule has 0 aliphatic heterocycles. The van der Waals surface area contributed by atoms with Crippen LogP contribution < -0.4 is 0 Å². The number of benzene rings is 1. The van der Waals surface area contributed by atoms with E-state index in [9.17, 15) is 0 Å². The lowest BCUT2D eigenvalue weighted by Crippen LogP contribution is -2.17. The first-order valence-corrected chi connectivity index (χ1v) is 11.9. The van der Waals surface area contributed by atoms with Gasteiger partial charge in [0.2, 0.25) is 0 Å². The van der Waals surface area contributed by atoms with Gasteiger partial charge in [0.05, 0.1) is 0 Å². The zero-order valence-corrected chi connectivity index (χ0v) is 17.5. The van der Waals surface area contributed by atoms with E-state index in [1.54, 1.807) is 5.56 Å². The van der Waals surface area contributed by atoms with Crippen LogP contribution in [-0.4, -0.2) is 0 Å². The Morgan fingerprint density at radius 1 is 0.615 bits per heavy atom. The van der Waals surface area contributed by atoms with Crippen molar-refractivity contribution in [1.82, 2.24) is 0 Å². The van der Waals surface area contributed by atoms with E-state index in [2.05, 4.69) is 38.1 Å². The summed E-state index contributed by atoms with van der Waals surface area (Å²) in [5, 5.41) is 0. The lowest BCUT2D eigenvalue weighted by atomic mass is 9.74. The normalized spacial score (nSPS) is 29.6. The maximum atomic E-state index is 2.42. The molecule has 2 aliphatic carbocycles. The summed E-state index contributed by atoms with van der Waals surface area (Å²) in [4.78, 5) is 0. The van der Waals surface area contributed by atoms with Gasteiger partial charge in [-0.15, -0.1) is 0 Å². The molecule has 0 radical (unpaired) electrons. The minimum Gasteiger partial charge on any atom is -0.0654 e. The molecule has 2 saturated carbocycles. The Balaban J connectivity index is 1.35. The van der Waals surface area contributed by atoms with Crippen molar-refractivity contribution in [3.8, 4) is 0 Å². The number of hydrogen-bond acceptors (Lipinski definition) is 0. The highest BCUT2D eigenvalue weighted by molar-refractivity contribution is 5.25. The summed E-state index contributed by atoms with van der Waals surface area (Å²) in [6.07, 6.45) is 20.3. The van der Waals surface area contributed by atoms with Crippen molar-refractivity contribution in [2.75, 3.05) is 0 Å². The van der Waals surface area contributed by atoms with Crippen molar-refractivity contribution < 1.29 is 0 Å². The second-order valence-electron chi connectivity index (χ2n) is 9.46. The molecule has 0 atom stereocenters. The highest BCUT2D eigenvalue weighted by Gasteiger charge is 2.25. The smallest absolute Gasteiger partial charge is 0.0162 e. The molecular formula is C26H42. The molecule has 146 valence electrons. The van der Waals surface area contributed by atoms with E-state index in [-0.39, 0.29) is 0 Å². The maximum absolute atomic E-state index is 2.42. The number of hydrogen-bond donors (Lipinski definition) is 0. The molecule has 2 aliphatic rings. The molecule has 0 heteroatoms. The molecule has 0 N–H and O–H groups in total. The SMILES string of the molecule is CCCc1ccc(C2CCC(CCC3CCC(CCC)CC3)CC2)cc1.